The molecule has 6 heteroatoms. The van der Waals surface area contributed by atoms with Crippen LogP contribution in [0.3, 0.4) is 0 Å². The number of hydrogen-bond donors (Lipinski definition) is 1. The molecule has 0 bridgehead atoms. The van der Waals surface area contributed by atoms with Gasteiger partial charge in [-0.1, -0.05) is 0 Å². The first kappa shape index (κ1) is 9.70. The Morgan fingerprint density at radius 2 is 2.13 bits per heavy atom. The van der Waals surface area contributed by atoms with Crippen molar-refractivity contribution in [2.75, 3.05) is 30.9 Å². The Morgan fingerprint density at radius 1 is 1.40 bits per heavy atom. The molecule has 1 N–H and O–H groups in total. The third-order valence-electron chi connectivity index (χ3n) is 2.00. The van der Waals surface area contributed by atoms with Gasteiger partial charge in [-0.2, -0.15) is 4.98 Å². The summed E-state index contributed by atoms with van der Waals surface area (Å²) < 4.78 is 5.22. The average Bonchev–Trinajstić information content (AvgIpc) is 2.17. The molecule has 15 heavy (non-hydrogen) atoms. The van der Waals surface area contributed by atoms with Gasteiger partial charge in [-0.15, -0.1) is 0 Å². The Hall–Kier alpha value is -1.85. The number of nitrogens with zero attached hydrogens (tertiary/aromatic N) is 3. The van der Waals surface area contributed by atoms with Gasteiger partial charge in [0.2, 0.25) is 5.88 Å². The van der Waals surface area contributed by atoms with E-state index < -0.39 is 0 Å². The van der Waals surface area contributed by atoms with Gasteiger partial charge < -0.3 is 15.0 Å². The van der Waals surface area contributed by atoms with Crippen LogP contribution in [0.5, 0.6) is 5.88 Å². The summed E-state index contributed by atoms with van der Waals surface area (Å²) in [7, 11) is 3.70. The van der Waals surface area contributed by atoms with Gasteiger partial charge in [0, 0.05) is 14.1 Å². The predicted molar refractivity (Wildman–Crippen MR) is 55.2 cm³/mol. The lowest BCUT2D eigenvalue weighted by molar-refractivity contribution is -0.118. The van der Waals surface area contributed by atoms with Crippen molar-refractivity contribution in [3.63, 3.8) is 0 Å². The van der Waals surface area contributed by atoms with Gasteiger partial charge in [0.05, 0.1) is 0 Å². The lowest BCUT2D eigenvalue weighted by atomic mass is 10.3. The highest BCUT2D eigenvalue weighted by molar-refractivity contribution is 5.98. The number of fused-ring (bicyclic) bond motifs is 1. The van der Waals surface area contributed by atoms with Gasteiger partial charge in [-0.05, 0) is 6.92 Å². The molecule has 6 nitrogen and oxygen atoms in total. The molecule has 0 unspecified atom stereocenters. The van der Waals surface area contributed by atoms with E-state index in [1.807, 2.05) is 19.0 Å². The molecule has 2 heterocycles. The van der Waals surface area contributed by atoms with Crippen molar-refractivity contribution in [2.45, 2.75) is 6.92 Å². The quantitative estimate of drug-likeness (QED) is 0.713. The number of carbonyl (C=O) groups excluding carboxylic acids is 1. The summed E-state index contributed by atoms with van der Waals surface area (Å²) in [5, 5.41) is 2.71. The number of aryl methyl sites for hydroxylation is 1. The van der Waals surface area contributed by atoms with E-state index in [0.717, 1.165) is 0 Å². The van der Waals surface area contributed by atoms with E-state index in [1.165, 1.54) is 0 Å². The van der Waals surface area contributed by atoms with E-state index >= 15 is 0 Å². The standard InChI is InChI=1S/C9H12N4O2/c1-5-10-8(13(2)3)7-9(11-5)15-4-6(14)12-7/h4H2,1-3H3,(H,12,14). The topological polar surface area (TPSA) is 67.4 Å². The minimum Gasteiger partial charge on any atom is -0.466 e. The van der Waals surface area contributed by atoms with Crippen molar-refractivity contribution < 1.29 is 9.53 Å². The zero-order valence-corrected chi connectivity index (χ0v) is 8.87. The maximum Gasteiger partial charge on any atom is 0.262 e. The molecule has 1 aliphatic heterocycles. The molecule has 2 rings (SSSR count). The third kappa shape index (κ3) is 1.70. The molecular formula is C9H12N4O2. The van der Waals surface area contributed by atoms with Crippen LogP contribution in [0, 0.1) is 6.92 Å². The summed E-state index contributed by atoms with van der Waals surface area (Å²) >= 11 is 0. The van der Waals surface area contributed by atoms with Gasteiger partial charge in [0.25, 0.3) is 5.91 Å². The Balaban J connectivity index is 2.55. The molecule has 0 aromatic carbocycles. The lowest BCUT2D eigenvalue weighted by Crippen LogP contribution is -2.28. The predicted octanol–water partition coefficient (Wildman–Crippen LogP) is 0.182. The summed E-state index contributed by atoms with van der Waals surface area (Å²) in [5.41, 5.74) is 0.543. The molecule has 80 valence electrons. The van der Waals surface area contributed by atoms with Gasteiger partial charge in [-0.25, -0.2) is 4.98 Å². The van der Waals surface area contributed by atoms with Crippen molar-refractivity contribution in [1.29, 1.82) is 0 Å². The maximum absolute atomic E-state index is 11.2. The highest BCUT2D eigenvalue weighted by Gasteiger charge is 2.23. The normalized spacial score (nSPS) is 13.9. The third-order valence-corrected chi connectivity index (χ3v) is 2.00. The number of carbonyl (C=O) groups is 1. The van der Waals surface area contributed by atoms with E-state index in [4.69, 9.17) is 4.74 Å². The van der Waals surface area contributed by atoms with Crippen molar-refractivity contribution in [1.82, 2.24) is 9.97 Å². The average molecular weight is 208 g/mol. The molecule has 0 fully saturated rings. The number of rotatable bonds is 1. The number of ether oxygens (including phenoxy) is 1. The van der Waals surface area contributed by atoms with Crippen LogP contribution < -0.4 is 15.0 Å². The fraction of sp³-hybridized carbons (Fsp3) is 0.444. The van der Waals surface area contributed by atoms with Crippen LogP contribution in [-0.4, -0.2) is 36.6 Å². The fourth-order valence-corrected chi connectivity index (χ4v) is 1.38. The summed E-state index contributed by atoms with van der Waals surface area (Å²) in [6.07, 6.45) is 0. The first-order valence-electron chi connectivity index (χ1n) is 4.56. The lowest BCUT2D eigenvalue weighted by Gasteiger charge is -2.22. The largest absolute Gasteiger partial charge is 0.466 e. The van der Waals surface area contributed by atoms with Crippen molar-refractivity contribution in [3.8, 4) is 5.88 Å². The molecule has 0 atom stereocenters. The molecule has 0 radical (unpaired) electrons. The smallest absolute Gasteiger partial charge is 0.262 e. The fourth-order valence-electron chi connectivity index (χ4n) is 1.38. The van der Waals surface area contributed by atoms with E-state index in [2.05, 4.69) is 15.3 Å². The monoisotopic (exact) mass is 208 g/mol. The van der Waals surface area contributed by atoms with Gasteiger partial charge in [0.1, 0.15) is 11.5 Å². The van der Waals surface area contributed by atoms with Crippen molar-refractivity contribution in [2.24, 2.45) is 0 Å². The second kappa shape index (κ2) is 3.38. The second-order valence-electron chi connectivity index (χ2n) is 3.51. The van der Waals surface area contributed by atoms with Crippen LogP contribution in [0.4, 0.5) is 11.5 Å². The highest BCUT2D eigenvalue weighted by atomic mass is 16.5. The van der Waals surface area contributed by atoms with E-state index in [1.54, 1.807) is 6.92 Å². The van der Waals surface area contributed by atoms with Crippen molar-refractivity contribution >= 4 is 17.4 Å². The van der Waals surface area contributed by atoms with Crippen LogP contribution in [0.15, 0.2) is 0 Å². The minimum absolute atomic E-state index is 0.0102. The molecule has 1 amide bonds. The van der Waals surface area contributed by atoms with Gasteiger partial charge in [0.15, 0.2) is 12.4 Å². The van der Waals surface area contributed by atoms with Crippen LogP contribution in [0.25, 0.3) is 0 Å². The zero-order chi connectivity index (χ0) is 11.0. The van der Waals surface area contributed by atoms with Crippen molar-refractivity contribution in [3.05, 3.63) is 5.82 Å². The molecule has 0 spiro atoms. The van der Waals surface area contributed by atoms with Gasteiger partial charge >= 0.3 is 0 Å². The Labute approximate surface area is 87.3 Å². The Morgan fingerprint density at radius 3 is 2.80 bits per heavy atom. The van der Waals surface area contributed by atoms with E-state index in [-0.39, 0.29) is 12.5 Å². The zero-order valence-electron chi connectivity index (χ0n) is 8.87. The molecule has 1 aliphatic rings. The SMILES string of the molecule is Cc1nc2c(c(N(C)C)n1)NC(=O)CO2. The number of anilines is 2. The molecule has 0 aliphatic carbocycles. The van der Waals surface area contributed by atoms with Crippen LogP contribution >= 0.6 is 0 Å². The summed E-state index contributed by atoms with van der Waals surface area (Å²) in [4.78, 5) is 21.3. The first-order chi connectivity index (χ1) is 7.08. The van der Waals surface area contributed by atoms with E-state index in [9.17, 15) is 4.79 Å². The molecule has 1 aromatic heterocycles. The summed E-state index contributed by atoms with van der Waals surface area (Å²) in [6, 6.07) is 0. The number of hydrogen-bond acceptors (Lipinski definition) is 5. The number of amides is 1. The maximum atomic E-state index is 11.2. The Bertz CT molecular complexity index is 417. The van der Waals surface area contributed by atoms with Crippen LogP contribution in [-0.2, 0) is 4.79 Å². The minimum atomic E-state index is -0.182. The molecular weight excluding hydrogens is 196 g/mol. The second-order valence-corrected chi connectivity index (χ2v) is 3.51. The number of nitrogens with one attached hydrogen (secondary N) is 1. The summed E-state index contributed by atoms with van der Waals surface area (Å²) in [5.74, 6) is 1.53. The van der Waals surface area contributed by atoms with Crippen LogP contribution in [0.2, 0.25) is 0 Å². The van der Waals surface area contributed by atoms with Crippen LogP contribution in [0.1, 0.15) is 5.82 Å². The summed E-state index contributed by atoms with van der Waals surface area (Å²) in [6.45, 7) is 1.80. The van der Waals surface area contributed by atoms with Gasteiger partial charge in [-0.3, -0.25) is 4.79 Å². The van der Waals surface area contributed by atoms with E-state index in [0.29, 0.717) is 23.2 Å². The first-order valence-corrected chi connectivity index (χ1v) is 4.56. The highest BCUT2D eigenvalue weighted by Crippen LogP contribution is 2.32. The Kier molecular flexibility index (Phi) is 2.18. The molecule has 0 saturated carbocycles. The molecule has 0 saturated heterocycles. The molecule has 1 aromatic rings. The number of aromatic nitrogens is 2.